The second kappa shape index (κ2) is 5.03. The molecule has 0 unspecified atom stereocenters. The summed E-state index contributed by atoms with van der Waals surface area (Å²) < 4.78 is 0. The van der Waals surface area contributed by atoms with Gasteiger partial charge in [0.15, 0.2) is 0 Å². The Morgan fingerprint density at radius 1 is 1.12 bits per heavy atom. The lowest BCUT2D eigenvalue weighted by molar-refractivity contribution is 0.399. The Labute approximate surface area is 96.1 Å². The maximum absolute atomic E-state index is 4.59. The van der Waals surface area contributed by atoms with Crippen molar-refractivity contribution in [3.63, 3.8) is 0 Å². The molecule has 0 aliphatic rings. The van der Waals surface area contributed by atoms with Crippen molar-refractivity contribution in [2.45, 2.75) is 12.8 Å². The van der Waals surface area contributed by atoms with E-state index in [4.69, 9.17) is 0 Å². The molecular formula is C13H17N3. The van der Waals surface area contributed by atoms with E-state index in [-0.39, 0.29) is 0 Å². The molecule has 0 bridgehead atoms. The molecule has 1 aromatic heterocycles. The fourth-order valence-corrected chi connectivity index (χ4v) is 1.69. The summed E-state index contributed by atoms with van der Waals surface area (Å²) in [6.07, 6.45) is 4.01. The SMILES string of the molecule is CN(C)CCCc1cnc2ccccc2n1. The third-order valence-corrected chi connectivity index (χ3v) is 2.54. The van der Waals surface area contributed by atoms with Crippen LogP contribution in [0, 0.1) is 0 Å². The van der Waals surface area contributed by atoms with E-state index < -0.39 is 0 Å². The molecule has 84 valence electrons. The van der Waals surface area contributed by atoms with Crippen LogP contribution in [0.3, 0.4) is 0 Å². The molecule has 0 aliphatic heterocycles. The van der Waals surface area contributed by atoms with E-state index in [1.54, 1.807) is 0 Å². The van der Waals surface area contributed by atoms with E-state index in [0.717, 1.165) is 36.1 Å². The van der Waals surface area contributed by atoms with Crippen LogP contribution in [0.15, 0.2) is 30.5 Å². The minimum Gasteiger partial charge on any atom is -0.309 e. The number of para-hydroxylation sites is 2. The molecule has 2 rings (SSSR count). The summed E-state index contributed by atoms with van der Waals surface area (Å²) >= 11 is 0. The summed E-state index contributed by atoms with van der Waals surface area (Å²) in [5.41, 5.74) is 3.05. The fourth-order valence-electron chi connectivity index (χ4n) is 1.69. The Kier molecular flexibility index (Phi) is 3.47. The Morgan fingerprint density at radius 3 is 2.62 bits per heavy atom. The molecule has 0 spiro atoms. The number of benzene rings is 1. The summed E-state index contributed by atoms with van der Waals surface area (Å²) in [7, 11) is 4.18. The zero-order valence-corrected chi connectivity index (χ0v) is 9.85. The topological polar surface area (TPSA) is 29.0 Å². The molecule has 3 heteroatoms. The number of hydrogen-bond donors (Lipinski definition) is 0. The molecule has 0 amide bonds. The first-order chi connectivity index (χ1) is 7.75. The van der Waals surface area contributed by atoms with Gasteiger partial charge >= 0.3 is 0 Å². The molecular weight excluding hydrogens is 198 g/mol. The van der Waals surface area contributed by atoms with Crippen molar-refractivity contribution >= 4 is 11.0 Å². The highest BCUT2D eigenvalue weighted by atomic mass is 15.0. The molecule has 0 aliphatic carbocycles. The standard InChI is InChI=1S/C13H17N3/c1-16(2)9-5-6-11-10-14-12-7-3-4-8-13(12)15-11/h3-4,7-8,10H,5-6,9H2,1-2H3. The van der Waals surface area contributed by atoms with Crippen LogP contribution in [0.25, 0.3) is 11.0 Å². The number of hydrogen-bond acceptors (Lipinski definition) is 3. The van der Waals surface area contributed by atoms with Crippen LogP contribution in [-0.4, -0.2) is 35.5 Å². The Bertz CT molecular complexity index is 465. The lowest BCUT2D eigenvalue weighted by Gasteiger charge is -2.08. The Morgan fingerprint density at radius 2 is 1.88 bits per heavy atom. The van der Waals surface area contributed by atoms with E-state index in [2.05, 4.69) is 29.0 Å². The highest BCUT2D eigenvalue weighted by Gasteiger charge is 1.99. The van der Waals surface area contributed by atoms with Gasteiger partial charge in [-0.15, -0.1) is 0 Å². The van der Waals surface area contributed by atoms with Gasteiger partial charge in [0.1, 0.15) is 0 Å². The molecule has 0 saturated carbocycles. The molecule has 1 heterocycles. The van der Waals surface area contributed by atoms with Gasteiger partial charge in [-0.2, -0.15) is 0 Å². The third-order valence-electron chi connectivity index (χ3n) is 2.54. The largest absolute Gasteiger partial charge is 0.309 e. The van der Waals surface area contributed by atoms with Crippen molar-refractivity contribution in [2.24, 2.45) is 0 Å². The fraction of sp³-hybridized carbons (Fsp3) is 0.385. The second-order valence-electron chi connectivity index (χ2n) is 4.26. The van der Waals surface area contributed by atoms with Crippen LogP contribution in [0.2, 0.25) is 0 Å². The smallest absolute Gasteiger partial charge is 0.0890 e. The number of fused-ring (bicyclic) bond motifs is 1. The van der Waals surface area contributed by atoms with Gasteiger partial charge in [0, 0.05) is 6.20 Å². The predicted octanol–water partition coefficient (Wildman–Crippen LogP) is 2.12. The van der Waals surface area contributed by atoms with Crippen LogP contribution in [0.1, 0.15) is 12.1 Å². The van der Waals surface area contributed by atoms with Crippen molar-refractivity contribution in [1.29, 1.82) is 0 Å². The predicted molar refractivity (Wildman–Crippen MR) is 66.4 cm³/mol. The molecule has 0 N–H and O–H groups in total. The van der Waals surface area contributed by atoms with E-state index >= 15 is 0 Å². The highest BCUT2D eigenvalue weighted by Crippen LogP contribution is 2.09. The number of aromatic nitrogens is 2. The molecule has 0 fully saturated rings. The molecule has 2 aromatic rings. The first kappa shape index (κ1) is 11.0. The van der Waals surface area contributed by atoms with Crippen molar-refractivity contribution in [3.8, 4) is 0 Å². The van der Waals surface area contributed by atoms with Crippen LogP contribution < -0.4 is 0 Å². The van der Waals surface area contributed by atoms with Crippen LogP contribution in [0.4, 0.5) is 0 Å². The Hall–Kier alpha value is -1.48. The third kappa shape index (κ3) is 2.76. The lowest BCUT2D eigenvalue weighted by Crippen LogP contribution is -2.13. The molecule has 3 nitrogen and oxygen atoms in total. The van der Waals surface area contributed by atoms with Gasteiger partial charge in [-0.05, 0) is 45.6 Å². The molecule has 0 atom stereocenters. The van der Waals surface area contributed by atoms with Gasteiger partial charge in [0.05, 0.1) is 16.7 Å². The first-order valence-electron chi connectivity index (χ1n) is 5.61. The maximum Gasteiger partial charge on any atom is 0.0890 e. The van der Waals surface area contributed by atoms with Crippen LogP contribution in [-0.2, 0) is 6.42 Å². The lowest BCUT2D eigenvalue weighted by atomic mass is 10.2. The summed E-state index contributed by atoms with van der Waals surface area (Å²) in [5, 5.41) is 0. The van der Waals surface area contributed by atoms with E-state index in [1.165, 1.54) is 0 Å². The van der Waals surface area contributed by atoms with Crippen molar-refractivity contribution in [2.75, 3.05) is 20.6 Å². The van der Waals surface area contributed by atoms with Crippen molar-refractivity contribution in [3.05, 3.63) is 36.2 Å². The van der Waals surface area contributed by atoms with Gasteiger partial charge in [-0.3, -0.25) is 4.98 Å². The molecule has 16 heavy (non-hydrogen) atoms. The van der Waals surface area contributed by atoms with E-state index in [1.807, 2.05) is 30.5 Å². The highest BCUT2D eigenvalue weighted by molar-refractivity contribution is 5.73. The minimum atomic E-state index is 0.971. The number of aryl methyl sites for hydroxylation is 1. The van der Waals surface area contributed by atoms with Crippen LogP contribution >= 0.6 is 0 Å². The second-order valence-corrected chi connectivity index (χ2v) is 4.26. The quantitative estimate of drug-likeness (QED) is 0.782. The van der Waals surface area contributed by atoms with Gasteiger partial charge in [0.25, 0.3) is 0 Å². The van der Waals surface area contributed by atoms with Gasteiger partial charge in [0.2, 0.25) is 0 Å². The number of rotatable bonds is 4. The van der Waals surface area contributed by atoms with Gasteiger partial charge in [-0.1, -0.05) is 12.1 Å². The maximum atomic E-state index is 4.59. The molecule has 0 radical (unpaired) electrons. The average Bonchev–Trinajstić information content (AvgIpc) is 2.28. The van der Waals surface area contributed by atoms with Gasteiger partial charge < -0.3 is 4.90 Å². The van der Waals surface area contributed by atoms with E-state index in [9.17, 15) is 0 Å². The summed E-state index contributed by atoms with van der Waals surface area (Å²) in [6, 6.07) is 7.99. The number of nitrogens with zero attached hydrogens (tertiary/aromatic N) is 3. The minimum absolute atomic E-state index is 0.971. The van der Waals surface area contributed by atoms with E-state index in [0.29, 0.717) is 0 Å². The zero-order valence-electron chi connectivity index (χ0n) is 9.85. The van der Waals surface area contributed by atoms with Crippen molar-refractivity contribution in [1.82, 2.24) is 14.9 Å². The monoisotopic (exact) mass is 215 g/mol. The van der Waals surface area contributed by atoms with Crippen molar-refractivity contribution < 1.29 is 0 Å². The molecule has 0 saturated heterocycles. The molecule has 1 aromatic carbocycles. The zero-order chi connectivity index (χ0) is 11.4. The van der Waals surface area contributed by atoms with Gasteiger partial charge in [-0.25, -0.2) is 4.98 Å². The summed E-state index contributed by atoms with van der Waals surface area (Å²) in [4.78, 5) is 11.2. The normalized spacial score (nSPS) is 11.2. The summed E-state index contributed by atoms with van der Waals surface area (Å²) in [6.45, 7) is 1.09. The summed E-state index contributed by atoms with van der Waals surface area (Å²) in [5.74, 6) is 0. The van der Waals surface area contributed by atoms with Crippen LogP contribution in [0.5, 0.6) is 0 Å². The average molecular weight is 215 g/mol. The first-order valence-corrected chi connectivity index (χ1v) is 5.61. The Balaban J connectivity index is 2.08.